The van der Waals surface area contributed by atoms with Crippen molar-refractivity contribution in [2.24, 2.45) is 0 Å². The molecule has 0 aromatic heterocycles. The molecule has 2 aromatic carbocycles. The predicted molar refractivity (Wildman–Crippen MR) is 115 cm³/mol. The number of hydrogen-bond acceptors (Lipinski definition) is 2. The van der Waals surface area contributed by atoms with Crippen molar-refractivity contribution in [3.63, 3.8) is 0 Å². The molecule has 1 aliphatic carbocycles. The third-order valence-electron chi connectivity index (χ3n) is 4.69. The van der Waals surface area contributed by atoms with E-state index in [0.717, 1.165) is 35.3 Å². The molecule has 0 fully saturated rings. The average Bonchev–Trinajstić information content (AvgIpc) is 2.66. The van der Waals surface area contributed by atoms with E-state index >= 15 is 0 Å². The molecule has 0 amide bonds. The first kappa shape index (κ1) is 21.9. The van der Waals surface area contributed by atoms with Crippen LogP contribution in [0.3, 0.4) is 0 Å². The molecule has 0 heterocycles. The molecular formula is C22H26BrClFNO. The Balaban J connectivity index is 0.00000261. The number of benzene rings is 2. The summed E-state index contributed by atoms with van der Waals surface area (Å²) in [5, 5.41) is 3.51. The van der Waals surface area contributed by atoms with Gasteiger partial charge in [0.2, 0.25) is 0 Å². The Morgan fingerprint density at radius 3 is 2.70 bits per heavy atom. The summed E-state index contributed by atoms with van der Waals surface area (Å²) in [5.41, 5.74) is 3.22. The molecule has 2 nitrogen and oxygen atoms in total. The normalized spacial score (nSPS) is 13.6. The highest BCUT2D eigenvalue weighted by molar-refractivity contribution is 9.10. The third-order valence-corrected chi connectivity index (χ3v) is 5.18. The summed E-state index contributed by atoms with van der Waals surface area (Å²) in [6.45, 7) is 1.93. The molecular weight excluding hydrogens is 429 g/mol. The van der Waals surface area contributed by atoms with E-state index in [9.17, 15) is 4.39 Å². The molecule has 0 bridgehead atoms. The van der Waals surface area contributed by atoms with Gasteiger partial charge in [-0.25, -0.2) is 4.39 Å². The summed E-state index contributed by atoms with van der Waals surface area (Å²) in [5.74, 6) is 0.561. The monoisotopic (exact) mass is 453 g/mol. The highest BCUT2D eigenvalue weighted by atomic mass is 79.9. The second kappa shape index (κ2) is 11.5. The van der Waals surface area contributed by atoms with Crippen molar-refractivity contribution >= 4 is 28.3 Å². The maximum Gasteiger partial charge on any atom is 0.129 e. The van der Waals surface area contributed by atoms with Crippen LogP contribution in [-0.2, 0) is 13.2 Å². The lowest BCUT2D eigenvalue weighted by molar-refractivity contribution is 0.296. The van der Waals surface area contributed by atoms with Crippen LogP contribution in [-0.4, -0.2) is 6.54 Å². The average molecular weight is 455 g/mol. The smallest absolute Gasteiger partial charge is 0.129 e. The fraction of sp³-hybridized carbons (Fsp3) is 0.364. The Kier molecular flexibility index (Phi) is 9.32. The molecule has 3 rings (SSSR count). The molecule has 27 heavy (non-hydrogen) atoms. The van der Waals surface area contributed by atoms with Crippen molar-refractivity contribution in [1.29, 1.82) is 0 Å². The number of allylic oxidation sites excluding steroid dienone is 1. The zero-order chi connectivity index (χ0) is 18.2. The second-order valence-corrected chi connectivity index (χ2v) is 7.58. The molecule has 5 heteroatoms. The summed E-state index contributed by atoms with van der Waals surface area (Å²) in [6, 6.07) is 12.7. The minimum atomic E-state index is -0.231. The summed E-state index contributed by atoms with van der Waals surface area (Å²) in [4.78, 5) is 0. The topological polar surface area (TPSA) is 21.3 Å². The largest absolute Gasteiger partial charge is 0.488 e. The van der Waals surface area contributed by atoms with Gasteiger partial charge in [-0.3, -0.25) is 0 Å². The highest BCUT2D eigenvalue weighted by Gasteiger charge is 2.08. The van der Waals surface area contributed by atoms with Crippen molar-refractivity contribution in [3.05, 3.63) is 75.5 Å². The lowest BCUT2D eigenvalue weighted by atomic mass is 9.97. The maximum atomic E-state index is 13.8. The van der Waals surface area contributed by atoms with Crippen LogP contribution in [0.1, 0.15) is 43.2 Å². The SMILES string of the molecule is Cl.Fc1ccccc1COc1ccc(Br)cc1CNCCC1=CCCCC1. The van der Waals surface area contributed by atoms with Gasteiger partial charge in [0.1, 0.15) is 18.2 Å². The van der Waals surface area contributed by atoms with E-state index in [1.54, 1.807) is 17.7 Å². The van der Waals surface area contributed by atoms with E-state index in [1.165, 1.54) is 31.7 Å². The molecule has 0 radical (unpaired) electrons. The molecule has 0 aliphatic heterocycles. The van der Waals surface area contributed by atoms with Gasteiger partial charge in [-0.15, -0.1) is 12.4 Å². The third kappa shape index (κ3) is 6.95. The lowest BCUT2D eigenvalue weighted by Crippen LogP contribution is -2.16. The van der Waals surface area contributed by atoms with E-state index in [4.69, 9.17) is 4.74 Å². The minimum absolute atomic E-state index is 0. The van der Waals surface area contributed by atoms with E-state index in [1.807, 2.05) is 18.2 Å². The van der Waals surface area contributed by atoms with Crippen LogP contribution in [0, 0.1) is 5.82 Å². The Bertz CT molecular complexity index is 766. The second-order valence-electron chi connectivity index (χ2n) is 6.67. The Labute approximate surface area is 175 Å². The van der Waals surface area contributed by atoms with Crippen LogP contribution in [0.5, 0.6) is 5.75 Å². The molecule has 1 N–H and O–H groups in total. The van der Waals surface area contributed by atoms with Gasteiger partial charge in [-0.1, -0.05) is 45.8 Å². The van der Waals surface area contributed by atoms with Crippen molar-refractivity contribution < 1.29 is 9.13 Å². The van der Waals surface area contributed by atoms with Gasteiger partial charge in [0.25, 0.3) is 0 Å². The number of rotatable bonds is 8. The predicted octanol–water partition coefficient (Wildman–Crippen LogP) is 6.57. The molecule has 0 saturated heterocycles. The molecule has 0 atom stereocenters. The molecule has 1 aliphatic rings. The minimum Gasteiger partial charge on any atom is -0.488 e. The highest BCUT2D eigenvalue weighted by Crippen LogP contribution is 2.25. The van der Waals surface area contributed by atoms with Crippen molar-refractivity contribution in [2.75, 3.05) is 6.54 Å². The fourth-order valence-corrected chi connectivity index (χ4v) is 3.61. The van der Waals surface area contributed by atoms with Crippen molar-refractivity contribution in [1.82, 2.24) is 5.32 Å². The van der Waals surface area contributed by atoms with E-state index < -0.39 is 0 Å². The van der Waals surface area contributed by atoms with Crippen LogP contribution in [0.2, 0.25) is 0 Å². The zero-order valence-electron chi connectivity index (χ0n) is 15.3. The first-order valence-corrected chi connectivity index (χ1v) is 10.0. The van der Waals surface area contributed by atoms with Crippen LogP contribution in [0.4, 0.5) is 4.39 Å². The summed E-state index contributed by atoms with van der Waals surface area (Å²) < 4.78 is 20.7. The van der Waals surface area contributed by atoms with E-state index in [-0.39, 0.29) is 24.8 Å². The molecule has 0 unspecified atom stereocenters. The zero-order valence-corrected chi connectivity index (χ0v) is 17.8. The number of halogens is 3. The standard InChI is InChI=1S/C22H25BrFNO.ClH/c23-20-10-11-22(26-16-18-8-4-5-9-21(18)24)19(14-20)15-25-13-12-17-6-2-1-3-7-17;/h4-6,8-11,14,25H,1-3,7,12-13,15-16H2;1H. The van der Waals surface area contributed by atoms with Gasteiger partial charge in [0.15, 0.2) is 0 Å². The van der Waals surface area contributed by atoms with Gasteiger partial charge in [-0.05, 0) is 62.9 Å². The lowest BCUT2D eigenvalue weighted by Gasteiger charge is -2.15. The summed E-state index contributed by atoms with van der Waals surface area (Å²) in [7, 11) is 0. The van der Waals surface area contributed by atoms with Gasteiger partial charge >= 0.3 is 0 Å². The van der Waals surface area contributed by atoms with Crippen molar-refractivity contribution in [2.45, 2.75) is 45.3 Å². The van der Waals surface area contributed by atoms with E-state index in [2.05, 4.69) is 33.4 Å². The van der Waals surface area contributed by atoms with Gasteiger partial charge in [0.05, 0.1) is 0 Å². The number of ether oxygens (including phenoxy) is 1. The Hall–Kier alpha value is -1.36. The first-order valence-electron chi connectivity index (χ1n) is 9.25. The van der Waals surface area contributed by atoms with Crippen LogP contribution in [0.15, 0.2) is 58.6 Å². The molecule has 2 aromatic rings. The summed E-state index contributed by atoms with van der Waals surface area (Å²) in [6.07, 6.45) is 8.64. The van der Waals surface area contributed by atoms with Crippen LogP contribution >= 0.6 is 28.3 Å². The number of nitrogens with one attached hydrogen (secondary N) is 1. The Morgan fingerprint density at radius 1 is 1.07 bits per heavy atom. The quantitative estimate of drug-likeness (QED) is 0.360. The van der Waals surface area contributed by atoms with E-state index in [0.29, 0.717) is 5.56 Å². The maximum absolute atomic E-state index is 13.8. The first-order chi connectivity index (χ1) is 12.7. The Morgan fingerprint density at radius 2 is 1.93 bits per heavy atom. The van der Waals surface area contributed by atoms with Gasteiger partial charge in [0, 0.05) is 22.1 Å². The fourth-order valence-electron chi connectivity index (χ4n) is 3.20. The molecule has 0 spiro atoms. The van der Waals surface area contributed by atoms with Gasteiger partial charge in [-0.2, -0.15) is 0 Å². The van der Waals surface area contributed by atoms with Crippen LogP contribution in [0.25, 0.3) is 0 Å². The van der Waals surface area contributed by atoms with Gasteiger partial charge < -0.3 is 10.1 Å². The molecule has 146 valence electrons. The number of hydrogen-bond donors (Lipinski definition) is 1. The molecule has 0 saturated carbocycles. The van der Waals surface area contributed by atoms with Crippen molar-refractivity contribution in [3.8, 4) is 5.75 Å². The van der Waals surface area contributed by atoms with Crippen LogP contribution < -0.4 is 10.1 Å². The summed E-state index contributed by atoms with van der Waals surface area (Å²) >= 11 is 3.52.